The maximum absolute atomic E-state index is 11.9. The van der Waals surface area contributed by atoms with Gasteiger partial charge < -0.3 is 38.9 Å². The van der Waals surface area contributed by atoms with Crippen molar-refractivity contribution >= 4 is 32.2 Å². The highest BCUT2D eigenvalue weighted by molar-refractivity contribution is 8.52. The Bertz CT molecular complexity index is 1020. The number of carbonyl (C=O) groups is 1. The minimum absolute atomic E-state index is 0.165. The standard InChI is InChI=1S/C14H31O4PS.C11H17N2O7P.C2H6/c1-8-12(3)13(4,5)10-11-17-20-19(15,16)18-14(6,7)9-2;1-6-4-13(7(2)12-11(6)15)10-3-8(14)9(20-10)5-19-21(16,17)18;1-2/h12H,8-11H2,1-7H3,(H,15,16);4,8-10,14H,2-3,5H2,1H3,(H,12,15)(H2,16,17,18);1-2H3. The van der Waals surface area contributed by atoms with Crippen molar-refractivity contribution < 1.29 is 51.7 Å². The summed E-state index contributed by atoms with van der Waals surface area (Å²) in [5.74, 6) is 0.628. The van der Waals surface area contributed by atoms with Crippen LogP contribution in [0.5, 0.6) is 0 Å². The highest BCUT2D eigenvalue weighted by Gasteiger charge is 2.39. The Morgan fingerprint density at radius 3 is 2.30 bits per heavy atom. The number of hydrogen-bond donors (Lipinski definition) is 5. The third-order valence-corrected chi connectivity index (χ3v) is 10.1. The minimum atomic E-state index is -4.62. The average molecular weight is 677 g/mol. The Balaban J connectivity index is 0.000000777. The number of phosphoric acid groups is 1. The van der Waals surface area contributed by atoms with Gasteiger partial charge in [-0.1, -0.05) is 61.5 Å². The Morgan fingerprint density at radius 2 is 1.79 bits per heavy atom. The number of carbonyl (C=O) groups excluding carboxylic acids is 1. The Labute approximate surface area is 261 Å². The fraction of sp³-hybridized carbons (Fsp3) is 0.815. The van der Waals surface area contributed by atoms with Crippen molar-refractivity contribution in [2.75, 3.05) is 13.2 Å². The van der Waals surface area contributed by atoms with Crippen molar-refractivity contribution in [2.24, 2.45) is 11.3 Å². The zero-order chi connectivity index (χ0) is 33.8. The molecule has 0 radical (unpaired) electrons. The summed E-state index contributed by atoms with van der Waals surface area (Å²) in [7, 11) is -4.62. The van der Waals surface area contributed by atoms with Crippen molar-refractivity contribution in [3.63, 3.8) is 0 Å². The average Bonchev–Trinajstić information content (AvgIpc) is 3.27. The van der Waals surface area contributed by atoms with E-state index in [0.717, 1.165) is 12.8 Å². The molecule has 13 nitrogen and oxygen atoms in total. The number of phosphoric ester groups is 1. The van der Waals surface area contributed by atoms with Crippen LogP contribution in [-0.4, -0.2) is 67.8 Å². The number of hydrogen-bond acceptors (Lipinski definition) is 10. The van der Waals surface area contributed by atoms with E-state index in [1.165, 1.54) is 0 Å². The lowest BCUT2D eigenvalue weighted by Gasteiger charge is -2.32. The SMILES string of the molecule is C=C1NC(=O)C(C)=CN1C1CC(O)C(COP(=O)(O)O)O1.CC.CCC(C)C(C)(C)CCOSP(=O)(O)OC(C)(C)CC. The topological polar surface area (TPSA) is 184 Å². The molecule has 5 atom stereocenters. The molecule has 0 saturated carbocycles. The number of ether oxygens (including phenoxy) is 1. The van der Waals surface area contributed by atoms with E-state index < -0.39 is 45.3 Å². The maximum atomic E-state index is 11.9. The number of aliphatic hydroxyl groups excluding tert-OH is 1. The maximum Gasteiger partial charge on any atom is 0.469 e. The molecule has 0 aliphatic carbocycles. The lowest BCUT2D eigenvalue weighted by Crippen LogP contribution is -2.42. The summed E-state index contributed by atoms with van der Waals surface area (Å²) >= 11 is 0.570. The van der Waals surface area contributed by atoms with E-state index in [1.807, 2.05) is 20.8 Å². The summed E-state index contributed by atoms with van der Waals surface area (Å²) < 4.78 is 42.9. The number of rotatable bonds is 14. The summed E-state index contributed by atoms with van der Waals surface area (Å²) in [5.41, 5.74) is 0.00461. The molecular weight excluding hydrogens is 622 g/mol. The molecule has 2 aliphatic rings. The summed E-state index contributed by atoms with van der Waals surface area (Å²) in [6.07, 6.45) is 1.95. The van der Waals surface area contributed by atoms with Crippen LogP contribution >= 0.6 is 26.3 Å². The quantitative estimate of drug-likeness (QED) is 0.0843. The van der Waals surface area contributed by atoms with Crippen molar-refractivity contribution in [3.8, 4) is 0 Å². The summed E-state index contributed by atoms with van der Waals surface area (Å²) in [5, 5.41) is 12.4. The van der Waals surface area contributed by atoms with Crippen molar-refractivity contribution in [2.45, 2.75) is 119 Å². The zero-order valence-electron chi connectivity index (χ0n) is 27.2. The van der Waals surface area contributed by atoms with Gasteiger partial charge in [0.15, 0.2) is 0 Å². The molecule has 2 rings (SSSR count). The number of nitrogens with zero attached hydrogens (tertiary/aromatic N) is 1. The van der Waals surface area contributed by atoms with Gasteiger partial charge in [0.1, 0.15) is 29.8 Å². The largest absolute Gasteiger partial charge is 0.469 e. The van der Waals surface area contributed by atoms with Crippen LogP contribution in [-0.2, 0) is 31.9 Å². The predicted octanol–water partition coefficient (Wildman–Crippen LogP) is 5.82. The van der Waals surface area contributed by atoms with Crippen LogP contribution in [0, 0.1) is 11.3 Å². The molecule has 0 aromatic carbocycles. The smallest absolute Gasteiger partial charge is 0.390 e. The van der Waals surface area contributed by atoms with Gasteiger partial charge in [0.05, 0.1) is 24.9 Å². The second-order valence-electron chi connectivity index (χ2n) is 11.5. The number of aliphatic hydroxyl groups is 1. The molecule has 2 aliphatic heterocycles. The van der Waals surface area contributed by atoms with Crippen LogP contribution < -0.4 is 5.32 Å². The van der Waals surface area contributed by atoms with Gasteiger partial charge in [-0.25, -0.2) is 9.13 Å². The Morgan fingerprint density at radius 1 is 1.21 bits per heavy atom. The first-order chi connectivity index (χ1) is 19.6. The molecule has 2 heterocycles. The van der Waals surface area contributed by atoms with Crippen molar-refractivity contribution in [1.82, 2.24) is 10.2 Å². The molecule has 254 valence electrons. The number of amides is 1. The second-order valence-corrected chi connectivity index (χ2v) is 16.0. The van der Waals surface area contributed by atoms with Crippen LogP contribution in [0.2, 0.25) is 0 Å². The molecule has 0 aromatic heterocycles. The van der Waals surface area contributed by atoms with Gasteiger partial charge in [0, 0.05) is 18.2 Å². The highest BCUT2D eigenvalue weighted by Crippen LogP contribution is 2.59. The molecule has 0 aromatic rings. The first-order valence-electron chi connectivity index (χ1n) is 14.5. The Hall–Kier alpha value is -0.760. The molecule has 5 N–H and O–H groups in total. The third kappa shape index (κ3) is 15.9. The number of nitrogens with one attached hydrogen (secondary N) is 1. The first kappa shape index (κ1) is 42.2. The lowest BCUT2D eigenvalue weighted by atomic mass is 9.76. The zero-order valence-corrected chi connectivity index (χ0v) is 29.8. The Kier molecular flexibility index (Phi) is 18.1. The van der Waals surface area contributed by atoms with Crippen LogP contribution in [0.3, 0.4) is 0 Å². The van der Waals surface area contributed by atoms with Gasteiger partial charge in [-0.05, 0) is 44.9 Å². The molecule has 1 amide bonds. The van der Waals surface area contributed by atoms with Crippen LogP contribution in [0.25, 0.3) is 0 Å². The lowest BCUT2D eigenvalue weighted by molar-refractivity contribution is -0.118. The van der Waals surface area contributed by atoms with E-state index >= 15 is 0 Å². The predicted molar refractivity (Wildman–Crippen MR) is 168 cm³/mol. The minimum Gasteiger partial charge on any atom is -0.390 e. The normalized spacial score (nSPS) is 23.3. The van der Waals surface area contributed by atoms with Crippen LogP contribution in [0.1, 0.15) is 94.9 Å². The van der Waals surface area contributed by atoms with E-state index in [9.17, 15) is 23.9 Å². The van der Waals surface area contributed by atoms with Crippen molar-refractivity contribution in [3.05, 3.63) is 24.2 Å². The van der Waals surface area contributed by atoms with Gasteiger partial charge in [-0.15, -0.1) is 0 Å². The molecule has 16 heteroatoms. The van der Waals surface area contributed by atoms with Gasteiger partial charge in [-0.3, -0.25) is 13.8 Å². The fourth-order valence-corrected chi connectivity index (χ4v) is 6.44. The van der Waals surface area contributed by atoms with Crippen LogP contribution in [0.4, 0.5) is 0 Å². The molecule has 5 unspecified atom stereocenters. The molecule has 43 heavy (non-hydrogen) atoms. The molecule has 0 bridgehead atoms. The third-order valence-electron chi connectivity index (χ3n) is 7.32. The first-order valence-corrected chi connectivity index (χ1v) is 18.9. The van der Waals surface area contributed by atoms with Crippen molar-refractivity contribution in [1.29, 1.82) is 0 Å². The van der Waals surface area contributed by atoms with E-state index in [4.69, 9.17) is 23.2 Å². The second kappa shape index (κ2) is 18.4. The monoisotopic (exact) mass is 676 g/mol. The van der Waals surface area contributed by atoms with E-state index in [1.54, 1.807) is 31.9 Å². The molecule has 1 fully saturated rings. The van der Waals surface area contributed by atoms with Gasteiger partial charge in [0.2, 0.25) is 0 Å². The van der Waals surface area contributed by atoms with E-state index in [0.29, 0.717) is 42.0 Å². The summed E-state index contributed by atoms with van der Waals surface area (Å²) in [4.78, 5) is 40.0. The molecule has 0 spiro atoms. The van der Waals surface area contributed by atoms with Gasteiger partial charge in [0.25, 0.3) is 5.91 Å². The van der Waals surface area contributed by atoms with E-state index in [2.05, 4.69) is 44.1 Å². The summed E-state index contributed by atoms with van der Waals surface area (Å²) in [6.45, 7) is 19.9. The van der Waals surface area contributed by atoms with Crippen LogP contribution in [0.15, 0.2) is 24.2 Å². The van der Waals surface area contributed by atoms with Gasteiger partial charge in [-0.2, -0.15) is 0 Å². The fourth-order valence-electron chi connectivity index (χ4n) is 3.70. The van der Waals surface area contributed by atoms with Gasteiger partial charge >= 0.3 is 14.6 Å². The van der Waals surface area contributed by atoms with E-state index in [-0.39, 0.29) is 17.7 Å². The highest BCUT2D eigenvalue weighted by atomic mass is 32.7. The molecule has 1 saturated heterocycles. The summed E-state index contributed by atoms with van der Waals surface area (Å²) in [6, 6.07) is 0. The molecular formula is C27H54N2O11P2S.